The van der Waals surface area contributed by atoms with Gasteiger partial charge in [0.15, 0.2) is 25.0 Å². The molecular weight excluding hydrogens is 882 g/mol. The number of aliphatic hydroxyl groups excluding tert-OH is 5. The van der Waals surface area contributed by atoms with E-state index in [0.717, 1.165) is 0 Å². The van der Waals surface area contributed by atoms with Gasteiger partial charge in [0.05, 0.1) is 62.4 Å². The molecule has 27 nitrogen and oxygen atoms in total. The van der Waals surface area contributed by atoms with Crippen LogP contribution < -0.4 is 0 Å². The Morgan fingerprint density at radius 3 is 1.65 bits per heavy atom. The molecule has 27 heteroatoms. The topological polar surface area (TPSA) is 394 Å². The van der Waals surface area contributed by atoms with Gasteiger partial charge >= 0.3 is 5.97 Å². The molecule has 0 bridgehead atoms. The van der Waals surface area contributed by atoms with Gasteiger partial charge in [-0.15, -0.1) is 0 Å². The highest BCUT2D eigenvalue weighted by Gasteiger charge is 2.54. The summed E-state index contributed by atoms with van der Waals surface area (Å²) in [5, 5.41) is 71.7. The number of azide groups is 3. The molecule has 0 radical (unpaired) electrons. The van der Waals surface area contributed by atoms with Crippen molar-refractivity contribution in [3.05, 3.63) is 31.3 Å². The van der Waals surface area contributed by atoms with E-state index in [1.54, 1.807) is 20.8 Å². The average Bonchev–Trinajstić information content (AvgIpc) is 3.29. The number of methoxy groups -OCH3 is 1. The molecule has 5 heterocycles. The second kappa shape index (κ2) is 25.1. The van der Waals surface area contributed by atoms with Crippen molar-refractivity contribution >= 4 is 12.4 Å². The van der Waals surface area contributed by atoms with Gasteiger partial charge < -0.3 is 78.0 Å². The van der Waals surface area contributed by atoms with Gasteiger partial charge in [0.25, 0.3) is 6.47 Å². The molecule has 5 aliphatic rings. The van der Waals surface area contributed by atoms with Gasteiger partial charge in [-0.1, -0.05) is 56.9 Å². The van der Waals surface area contributed by atoms with E-state index in [-0.39, 0.29) is 42.9 Å². The molecule has 0 aromatic heterocycles. The Bertz CT molecular complexity index is 1730. The van der Waals surface area contributed by atoms with E-state index in [9.17, 15) is 40.2 Å². The third-order valence-electron chi connectivity index (χ3n) is 13.8. The maximum absolute atomic E-state index is 11.7. The Morgan fingerprint density at radius 1 is 0.561 bits per heavy atom. The lowest BCUT2D eigenvalue weighted by molar-refractivity contribution is -0.377. The summed E-state index contributed by atoms with van der Waals surface area (Å²) in [7, 11) is 1.28. The van der Waals surface area contributed by atoms with Crippen LogP contribution in [0.1, 0.15) is 55.4 Å². The fraction of sp³-hybridized carbons (Fsp3) is 0.949. The van der Waals surface area contributed by atoms with E-state index in [2.05, 4.69) is 30.1 Å². The van der Waals surface area contributed by atoms with E-state index in [1.165, 1.54) is 7.11 Å². The molecule has 0 aliphatic carbocycles. The minimum atomic E-state index is -1.47. The van der Waals surface area contributed by atoms with Crippen LogP contribution in [0.3, 0.4) is 0 Å². The maximum atomic E-state index is 11.7. The zero-order chi connectivity index (χ0) is 49.2. The number of aliphatic hydroxyl groups is 5. The van der Waals surface area contributed by atoms with Crippen molar-refractivity contribution in [2.75, 3.05) is 26.9 Å². The van der Waals surface area contributed by atoms with Crippen LogP contribution >= 0.6 is 0 Å². The van der Waals surface area contributed by atoms with E-state index in [0.29, 0.717) is 0 Å². The normalized spacial score (nSPS) is 45.9. The number of rotatable bonds is 16. The molecule has 0 amide bonds. The Balaban J connectivity index is 0.000000316. The fourth-order valence-corrected chi connectivity index (χ4v) is 9.20. The molecule has 5 fully saturated rings. The van der Waals surface area contributed by atoms with E-state index < -0.39 is 141 Å². The summed E-state index contributed by atoms with van der Waals surface area (Å²) in [6.07, 6.45) is -16.2. The van der Waals surface area contributed by atoms with Crippen LogP contribution in [0.15, 0.2) is 15.3 Å². The summed E-state index contributed by atoms with van der Waals surface area (Å²) in [6, 6.07) is -2.59. The van der Waals surface area contributed by atoms with Crippen molar-refractivity contribution < 1.29 is 87.6 Å². The lowest BCUT2D eigenvalue weighted by atomic mass is 9.80. The van der Waals surface area contributed by atoms with Gasteiger partial charge in [-0.3, -0.25) is 4.79 Å². The van der Waals surface area contributed by atoms with Crippen LogP contribution in [0.4, 0.5) is 0 Å². The summed E-state index contributed by atoms with van der Waals surface area (Å²) in [4.78, 5) is 31.5. The predicted octanol–water partition coefficient (Wildman–Crippen LogP) is 1.66. The van der Waals surface area contributed by atoms with E-state index >= 15 is 0 Å². The Hall–Kier alpha value is -3.69. The standard InChI is InChI=1S/C22H36N6O12.C17H29N3O6/c1-8-13(25-27-23)10(3)36-11(5-29)17(8)38-21-15(32)9(2)18(22(40-21)35-7-31)39-20-14(26-28-24)16(33)19(34-4)12(6-30)37-20;1-7-10(4)14(15(16(22)23)24-11(7)5)26-17-13(19-20-18)9(3)8(2)12(6-21)25-17/h7-22,29-30,32-33H,5-6H2,1-4H3;7-15,17,21H,6H2,1-5H3,(H,22,23)/t8-,9-,10-,11?,12?,13?,14?,15?,16-,17+,18+,19-,20-,21-,22?;7?,8-,9-,10+,11-,12-,13?,14-,15+,17+/m10/s1. The number of ether oxygens (including phenoxy) is 10. The number of hydrogen-bond donors (Lipinski definition) is 6. The first-order valence-electron chi connectivity index (χ1n) is 21.8. The maximum Gasteiger partial charge on any atom is 0.335 e. The Labute approximate surface area is 380 Å². The third kappa shape index (κ3) is 12.1. The minimum Gasteiger partial charge on any atom is -0.479 e. The predicted molar refractivity (Wildman–Crippen MR) is 222 cm³/mol. The van der Waals surface area contributed by atoms with E-state index in [1.807, 2.05) is 34.6 Å². The molecule has 0 aromatic rings. The van der Waals surface area contributed by atoms with Gasteiger partial charge in [0.2, 0.25) is 6.29 Å². The fourth-order valence-electron chi connectivity index (χ4n) is 9.20. The largest absolute Gasteiger partial charge is 0.479 e. The molecule has 374 valence electrons. The number of hydrogen-bond acceptors (Lipinski definition) is 20. The molecule has 6 N–H and O–H groups in total. The molecule has 0 saturated carbocycles. The number of aliphatic carboxylic acids is 1. The molecule has 8 unspecified atom stereocenters. The number of carbonyl (C=O) groups is 2. The highest BCUT2D eigenvalue weighted by molar-refractivity contribution is 5.73. The van der Waals surface area contributed by atoms with E-state index in [4.69, 9.17) is 64.0 Å². The summed E-state index contributed by atoms with van der Waals surface area (Å²) in [5.41, 5.74) is 26.9. The van der Waals surface area contributed by atoms with Crippen molar-refractivity contribution in [2.24, 2.45) is 50.9 Å². The third-order valence-corrected chi connectivity index (χ3v) is 13.8. The quantitative estimate of drug-likeness (QED) is 0.0554. The van der Waals surface area contributed by atoms with Crippen LogP contribution in [-0.2, 0) is 57.0 Å². The van der Waals surface area contributed by atoms with Crippen molar-refractivity contribution in [3.63, 3.8) is 0 Å². The monoisotopic (exact) mass is 947 g/mol. The first-order valence-corrected chi connectivity index (χ1v) is 21.8. The molecular formula is C39H65N9O18. The molecule has 25 atom stereocenters. The van der Waals surface area contributed by atoms with Crippen LogP contribution in [0.5, 0.6) is 0 Å². The lowest BCUT2D eigenvalue weighted by Crippen LogP contribution is -2.63. The lowest BCUT2D eigenvalue weighted by Gasteiger charge is -2.48. The number of carbonyl (C=O) groups excluding carboxylic acids is 1. The van der Waals surface area contributed by atoms with Gasteiger partial charge in [-0.05, 0) is 60.0 Å². The minimum absolute atomic E-state index is 0.0374. The van der Waals surface area contributed by atoms with Gasteiger partial charge in [-0.25, -0.2) is 4.79 Å². The van der Waals surface area contributed by atoms with Crippen molar-refractivity contribution in [3.8, 4) is 0 Å². The Kier molecular flexibility index (Phi) is 20.9. The zero-order valence-electron chi connectivity index (χ0n) is 38.2. The first-order chi connectivity index (χ1) is 31.4. The summed E-state index contributed by atoms with van der Waals surface area (Å²) in [6.45, 7) is 13.5. The number of carboxylic acids is 1. The SMILES string of the molecule is CC1[C@H](C)O[C@@H](C(=O)O)[C@@H](O[C@H]2O[C@@H](CO)[C@@H](C)[C@H](C)C2N=[N+]=[N-])[C@@H]1C.CO[C@@H]1C(CO)O[C@H](O[C@@H]2C(OC=O)O[C@@H](O[C@@H]3C(CO)O[C@H](C)C(N=[N+]=[N-])[C@H]3C)C(O)[C@H]2C)C(N=[N+]=[N-])[C@H]1O. The van der Waals surface area contributed by atoms with Crippen LogP contribution in [0.25, 0.3) is 31.3 Å². The summed E-state index contributed by atoms with van der Waals surface area (Å²) < 4.78 is 57.0. The molecule has 5 aliphatic heterocycles. The Morgan fingerprint density at radius 2 is 1.09 bits per heavy atom. The van der Waals surface area contributed by atoms with Crippen molar-refractivity contribution in [1.29, 1.82) is 0 Å². The van der Waals surface area contributed by atoms with Crippen LogP contribution in [-0.4, -0.2) is 187 Å². The second-order valence-corrected chi connectivity index (χ2v) is 17.4. The summed E-state index contributed by atoms with van der Waals surface area (Å²) >= 11 is 0. The highest BCUT2D eigenvalue weighted by atomic mass is 16.8. The number of nitrogens with zero attached hydrogens (tertiary/aromatic N) is 9. The highest BCUT2D eigenvalue weighted by Crippen LogP contribution is 2.40. The molecule has 0 aromatic carbocycles. The van der Waals surface area contributed by atoms with Gasteiger partial charge in [0, 0.05) is 27.8 Å². The zero-order valence-corrected chi connectivity index (χ0v) is 38.2. The smallest absolute Gasteiger partial charge is 0.335 e. The van der Waals surface area contributed by atoms with Gasteiger partial charge in [0.1, 0.15) is 42.7 Å². The van der Waals surface area contributed by atoms with Crippen LogP contribution in [0.2, 0.25) is 0 Å². The molecule has 66 heavy (non-hydrogen) atoms. The van der Waals surface area contributed by atoms with Crippen molar-refractivity contribution in [1.82, 2.24) is 0 Å². The molecule has 5 saturated heterocycles. The number of carboxylic acid groups (broad SMARTS) is 1. The van der Waals surface area contributed by atoms with Gasteiger partial charge in [-0.2, -0.15) is 0 Å². The average molecular weight is 948 g/mol. The summed E-state index contributed by atoms with van der Waals surface area (Å²) in [5.74, 6) is -2.58. The van der Waals surface area contributed by atoms with Crippen LogP contribution in [0, 0.1) is 35.5 Å². The molecule has 0 spiro atoms. The first kappa shape index (κ1) is 54.9. The molecule has 5 rings (SSSR count). The second-order valence-electron chi connectivity index (χ2n) is 17.4. The van der Waals surface area contributed by atoms with Crippen molar-refractivity contribution in [2.45, 2.75) is 172 Å².